The summed E-state index contributed by atoms with van der Waals surface area (Å²) < 4.78 is 30.7. The van der Waals surface area contributed by atoms with Crippen LogP contribution in [0.5, 0.6) is 0 Å². The van der Waals surface area contributed by atoms with Gasteiger partial charge in [-0.2, -0.15) is 0 Å². The highest BCUT2D eigenvalue weighted by atomic mass is 32.2. The summed E-state index contributed by atoms with van der Waals surface area (Å²) in [5.74, 6) is 2.21. The monoisotopic (exact) mass is 300 g/mol. The molecule has 0 radical (unpaired) electrons. The first kappa shape index (κ1) is 15.5. The van der Waals surface area contributed by atoms with Gasteiger partial charge >= 0.3 is 0 Å². The molecule has 1 aliphatic rings. The molecule has 5 nitrogen and oxygen atoms in total. The summed E-state index contributed by atoms with van der Waals surface area (Å²) in [6.07, 6.45) is 5.23. The van der Waals surface area contributed by atoms with Crippen molar-refractivity contribution in [3.05, 3.63) is 17.9 Å². The molecule has 1 aliphatic carbocycles. The van der Waals surface area contributed by atoms with Crippen molar-refractivity contribution in [1.82, 2.24) is 10.0 Å². The second-order valence-electron chi connectivity index (χ2n) is 5.70. The Bertz CT molecular complexity index is 524. The predicted molar refractivity (Wildman–Crippen MR) is 77.8 cm³/mol. The third-order valence-corrected chi connectivity index (χ3v) is 5.23. The van der Waals surface area contributed by atoms with E-state index < -0.39 is 10.0 Å². The van der Waals surface area contributed by atoms with Gasteiger partial charge in [0.1, 0.15) is 5.76 Å². The molecule has 0 amide bonds. The third kappa shape index (κ3) is 4.07. The van der Waals surface area contributed by atoms with Crippen molar-refractivity contribution in [1.29, 1.82) is 0 Å². The topological polar surface area (TPSA) is 71.3 Å². The van der Waals surface area contributed by atoms with E-state index in [0.717, 1.165) is 18.4 Å². The molecule has 1 saturated carbocycles. The summed E-state index contributed by atoms with van der Waals surface area (Å²) in [4.78, 5) is 0. The van der Waals surface area contributed by atoms with E-state index in [9.17, 15) is 8.42 Å². The molecule has 0 bridgehead atoms. The quantitative estimate of drug-likeness (QED) is 0.844. The largest absolute Gasteiger partial charge is 0.447 e. The Morgan fingerprint density at radius 3 is 2.85 bits per heavy atom. The fraction of sp³-hybridized carbons (Fsp3) is 0.714. The minimum absolute atomic E-state index is 0.0249. The Morgan fingerprint density at radius 1 is 1.35 bits per heavy atom. The number of nitrogens with one attached hydrogen (secondary N) is 2. The summed E-state index contributed by atoms with van der Waals surface area (Å²) in [5.41, 5.74) is 0. The van der Waals surface area contributed by atoms with Gasteiger partial charge in [-0.25, -0.2) is 13.1 Å². The SMILES string of the molecule is CNS(=O)(=O)c1ccc(CNCC2CCCC(C)C2)o1. The Balaban J connectivity index is 1.80. The summed E-state index contributed by atoms with van der Waals surface area (Å²) >= 11 is 0. The molecule has 0 spiro atoms. The highest BCUT2D eigenvalue weighted by Crippen LogP contribution is 2.28. The van der Waals surface area contributed by atoms with Crippen LogP contribution in [0.15, 0.2) is 21.6 Å². The molecule has 0 aliphatic heterocycles. The van der Waals surface area contributed by atoms with Crippen LogP contribution in [0.25, 0.3) is 0 Å². The van der Waals surface area contributed by atoms with E-state index in [1.54, 1.807) is 6.07 Å². The van der Waals surface area contributed by atoms with E-state index in [0.29, 0.717) is 12.3 Å². The zero-order valence-electron chi connectivity index (χ0n) is 12.2. The Labute approximate surface area is 121 Å². The normalized spacial score (nSPS) is 23.9. The third-order valence-electron chi connectivity index (χ3n) is 3.95. The van der Waals surface area contributed by atoms with E-state index in [-0.39, 0.29) is 5.09 Å². The average molecular weight is 300 g/mol. The van der Waals surface area contributed by atoms with Gasteiger partial charge in [0, 0.05) is 0 Å². The van der Waals surface area contributed by atoms with Crippen LogP contribution >= 0.6 is 0 Å². The van der Waals surface area contributed by atoms with Crippen molar-refractivity contribution in [2.45, 2.75) is 44.2 Å². The number of furan rings is 1. The second kappa shape index (κ2) is 6.74. The number of hydrogen-bond acceptors (Lipinski definition) is 4. The van der Waals surface area contributed by atoms with Crippen molar-refractivity contribution in [3.63, 3.8) is 0 Å². The van der Waals surface area contributed by atoms with Gasteiger partial charge in [0.05, 0.1) is 6.54 Å². The van der Waals surface area contributed by atoms with Crippen molar-refractivity contribution in [2.24, 2.45) is 11.8 Å². The first-order valence-electron chi connectivity index (χ1n) is 7.24. The molecule has 2 unspecified atom stereocenters. The summed E-state index contributed by atoms with van der Waals surface area (Å²) in [7, 11) is -2.10. The van der Waals surface area contributed by atoms with Gasteiger partial charge in [-0.3, -0.25) is 0 Å². The smallest absolute Gasteiger partial charge is 0.273 e. The molecular weight excluding hydrogens is 276 g/mol. The molecule has 20 heavy (non-hydrogen) atoms. The average Bonchev–Trinajstić information content (AvgIpc) is 2.88. The lowest BCUT2D eigenvalue weighted by atomic mass is 9.82. The van der Waals surface area contributed by atoms with Crippen LogP contribution < -0.4 is 10.0 Å². The Kier molecular flexibility index (Phi) is 5.23. The first-order chi connectivity index (χ1) is 9.51. The van der Waals surface area contributed by atoms with Crippen LogP contribution in [0.1, 0.15) is 38.4 Å². The van der Waals surface area contributed by atoms with Gasteiger partial charge in [0.15, 0.2) is 0 Å². The summed E-state index contributed by atoms with van der Waals surface area (Å²) in [6.45, 7) is 3.86. The minimum Gasteiger partial charge on any atom is -0.447 e. The molecule has 2 N–H and O–H groups in total. The van der Waals surface area contributed by atoms with Crippen LogP contribution in [-0.2, 0) is 16.6 Å². The molecule has 0 aromatic carbocycles. The molecule has 1 heterocycles. The fourth-order valence-electron chi connectivity index (χ4n) is 2.84. The van der Waals surface area contributed by atoms with Crippen molar-refractivity contribution in [2.75, 3.05) is 13.6 Å². The van der Waals surface area contributed by atoms with Gasteiger partial charge in [-0.05, 0) is 50.4 Å². The molecule has 0 saturated heterocycles. The summed E-state index contributed by atoms with van der Waals surface area (Å²) in [5, 5.41) is 3.34. The van der Waals surface area contributed by atoms with E-state index in [1.807, 2.05) is 0 Å². The molecule has 2 rings (SSSR count). The Morgan fingerprint density at radius 2 is 2.15 bits per heavy atom. The molecule has 114 valence electrons. The maximum absolute atomic E-state index is 11.5. The Hall–Kier alpha value is -0.850. The van der Waals surface area contributed by atoms with Crippen molar-refractivity contribution in [3.8, 4) is 0 Å². The van der Waals surface area contributed by atoms with Gasteiger partial charge in [0.25, 0.3) is 10.0 Å². The first-order valence-corrected chi connectivity index (χ1v) is 8.72. The minimum atomic E-state index is -3.47. The lowest BCUT2D eigenvalue weighted by Crippen LogP contribution is -2.26. The molecule has 1 aromatic heterocycles. The summed E-state index contributed by atoms with van der Waals surface area (Å²) in [6, 6.07) is 3.20. The van der Waals surface area contributed by atoms with Crippen LogP contribution in [-0.4, -0.2) is 22.0 Å². The van der Waals surface area contributed by atoms with Crippen LogP contribution in [0.3, 0.4) is 0 Å². The maximum atomic E-state index is 11.5. The van der Waals surface area contributed by atoms with Gasteiger partial charge in [0.2, 0.25) is 5.09 Å². The van der Waals surface area contributed by atoms with Gasteiger partial charge in [-0.15, -0.1) is 0 Å². The standard InChI is InChI=1S/C14H24N2O3S/c1-11-4-3-5-12(8-11)9-16-10-13-6-7-14(19-13)20(17,18)15-2/h6-7,11-12,15-16H,3-5,8-10H2,1-2H3. The zero-order chi connectivity index (χ0) is 14.6. The van der Waals surface area contributed by atoms with Crippen molar-refractivity contribution >= 4 is 10.0 Å². The molecule has 1 aromatic rings. The van der Waals surface area contributed by atoms with Gasteiger partial charge in [-0.1, -0.05) is 19.8 Å². The second-order valence-corrected chi connectivity index (χ2v) is 7.51. The number of hydrogen-bond donors (Lipinski definition) is 2. The fourth-order valence-corrected chi connectivity index (χ4v) is 3.51. The van der Waals surface area contributed by atoms with Crippen LogP contribution in [0, 0.1) is 11.8 Å². The lowest BCUT2D eigenvalue weighted by molar-refractivity contribution is 0.271. The lowest BCUT2D eigenvalue weighted by Gasteiger charge is -2.26. The van der Waals surface area contributed by atoms with E-state index in [2.05, 4.69) is 17.0 Å². The van der Waals surface area contributed by atoms with Crippen molar-refractivity contribution < 1.29 is 12.8 Å². The highest BCUT2D eigenvalue weighted by molar-refractivity contribution is 7.89. The van der Waals surface area contributed by atoms with Crippen LogP contribution in [0.2, 0.25) is 0 Å². The van der Waals surface area contributed by atoms with Gasteiger partial charge < -0.3 is 9.73 Å². The molecule has 2 atom stereocenters. The number of rotatable bonds is 6. The molecular formula is C14H24N2O3S. The van der Waals surface area contributed by atoms with Crippen LogP contribution in [0.4, 0.5) is 0 Å². The molecule has 1 fully saturated rings. The molecule has 6 heteroatoms. The van der Waals surface area contributed by atoms with E-state index >= 15 is 0 Å². The van der Waals surface area contributed by atoms with E-state index in [1.165, 1.54) is 38.8 Å². The zero-order valence-corrected chi connectivity index (χ0v) is 13.0. The van der Waals surface area contributed by atoms with E-state index in [4.69, 9.17) is 4.42 Å². The maximum Gasteiger partial charge on any atom is 0.273 e. The number of sulfonamides is 1. The predicted octanol–water partition coefficient (Wildman–Crippen LogP) is 2.10. The highest BCUT2D eigenvalue weighted by Gasteiger charge is 2.19.